The minimum Gasteiger partial charge on any atom is -0.481 e. The Labute approximate surface area is 122 Å². The number of sulfonamides is 1. The number of hydrogen-bond donors (Lipinski definition) is 3. The van der Waals surface area contributed by atoms with Crippen molar-refractivity contribution in [2.45, 2.75) is 36.6 Å². The van der Waals surface area contributed by atoms with Gasteiger partial charge in [0.1, 0.15) is 0 Å². The summed E-state index contributed by atoms with van der Waals surface area (Å²) in [6.45, 7) is 0. The Hall–Kier alpha value is -1.93. The monoisotopic (exact) mass is 312 g/mol. The van der Waals surface area contributed by atoms with Crippen LogP contribution in [-0.4, -0.2) is 31.4 Å². The molecule has 7 nitrogen and oxygen atoms in total. The van der Waals surface area contributed by atoms with Crippen LogP contribution in [0.25, 0.3) is 0 Å². The summed E-state index contributed by atoms with van der Waals surface area (Å²) in [5, 5.41) is 11.0. The Morgan fingerprint density at radius 2 is 1.95 bits per heavy atom. The maximum Gasteiger partial charge on any atom is 0.303 e. The average Bonchev–Trinajstić information content (AvgIpc) is 3.20. The molecule has 0 bridgehead atoms. The van der Waals surface area contributed by atoms with Crippen LogP contribution >= 0.6 is 0 Å². The second kappa shape index (κ2) is 6.23. The SMILES string of the molecule is O=C(O)CCC(=O)Nc1cccc(S(=O)(=O)NC2CC2)c1. The summed E-state index contributed by atoms with van der Waals surface area (Å²) in [7, 11) is -3.58. The Balaban J connectivity index is 2.03. The molecular formula is C13H16N2O5S. The van der Waals surface area contributed by atoms with Crippen molar-refractivity contribution in [3.8, 4) is 0 Å². The molecule has 0 spiro atoms. The van der Waals surface area contributed by atoms with Crippen LogP contribution in [-0.2, 0) is 19.6 Å². The molecule has 114 valence electrons. The number of hydrogen-bond acceptors (Lipinski definition) is 4. The normalized spacial score (nSPS) is 14.7. The van der Waals surface area contributed by atoms with Crippen molar-refractivity contribution in [1.29, 1.82) is 0 Å². The average molecular weight is 312 g/mol. The Bertz CT molecular complexity index is 652. The number of carboxylic acids is 1. The number of benzene rings is 1. The van der Waals surface area contributed by atoms with Gasteiger partial charge in [0, 0.05) is 18.2 Å². The van der Waals surface area contributed by atoms with Crippen LogP contribution in [0.1, 0.15) is 25.7 Å². The predicted molar refractivity (Wildman–Crippen MR) is 75.3 cm³/mol. The van der Waals surface area contributed by atoms with Crippen LogP contribution in [0.3, 0.4) is 0 Å². The lowest BCUT2D eigenvalue weighted by molar-refractivity contribution is -0.138. The molecule has 8 heteroatoms. The second-order valence-corrected chi connectivity index (χ2v) is 6.58. The molecule has 1 amide bonds. The number of aliphatic carboxylic acids is 1. The number of anilines is 1. The second-order valence-electron chi connectivity index (χ2n) is 4.87. The van der Waals surface area contributed by atoms with Crippen LogP contribution in [0.2, 0.25) is 0 Å². The molecule has 21 heavy (non-hydrogen) atoms. The van der Waals surface area contributed by atoms with Gasteiger partial charge in [-0.15, -0.1) is 0 Å². The van der Waals surface area contributed by atoms with Gasteiger partial charge < -0.3 is 10.4 Å². The van der Waals surface area contributed by atoms with E-state index in [2.05, 4.69) is 10.0 Å². The largest absolute Gasteiger partial charge is 0.481 e. The molecule has 1 aromatic carbocycles. The van der Waals surface area contributed by atoms with E-state index in [-0.39, 0.29) is 23.8 Å². The van der Waals surface area contributed by atoms with Gasteiger partial charge >= 0.3 is 5.97 Å². The molecule has 1 aliphatic rings. The molecule has 0 aromatic heterocycles. The number of carbonyl (C=O) groups is 2. The minimum absolute atomic E-state index is 0.00353. The highest BCUT2D eigenvalue weighted by Gasteiger charge is 2.28. The molecule has 1 saturated carbocycles. The van der Waals surface area contributed by atoms with Gasteiger partial charge in [-0.05, 0) is 31.0 Å². The zero-order valence-corrected chi connectivity index (χ0v) is 12.0. The topological polar surface area (TPSA) is 113 Å². The fourth-order valence-corrected chi connectivity index (χ4v) is 3.02. The van der Waals surface area contributed by atoms with Crippen molar-refractivity contribution < 1.29 is 23.1 Å². The van der Waals surface area contributed by atoms with Crippen LogP contribution in [0.15, 0.2) is 29.2 Å². The van der Waals surface area contributed by atoms with Crippen molar-refractivity contribution in [2.24, 2.45) is 0 Å². The summed E-state index contributed by atoms with van der Waals surface area (Å²) < 4.78 is 26.6. The fourth-order valence-electron chi connectivity index (χ4n) is 1.67. The Kier molecular flexibility index (Phi) is 4.59. The van der Waals surface area contributed by atoms with E-state index in [0.29, 0.717) is 5.69 Å². The van der Waals surface area contributed by atoms with E-state index in [1.165, 1.54) is 18.2 Å². The quantitative estimate of drug-likeness (QED) is 0.693. The number of amides is 1. The highest BCUT2D eigenvalue weighted by atomic mass is 32.2. The fraction of sp³-hybridized carbons (Fsp3) is 0.385. The molecule has 1 aromatic rings. The number of rotatable bonds is 7. The van der Waals surface area contributed by atoms with Gasteiger partial charge in [-0.2, -0.15) is 0 Å². The first-order valence-electron chi connectivity index (χ1n) is 6.51. The number of nitrogens with one attached hydrogen (secondary N) is 2. The summed E-state index contributed by atoms with van der Waals surface area (Å²) in [6, 6.07) is 5.87. The van der Waals surface area contributed by atoms with Gasteiger partial charge in [0.25, 0.3) is 0 Å². The van der Waals surface area contributed by atoms with Gasteiger partial charge in [0.05, 0.1) is 11.3 Å². The Morgan fingerprint density at radius 3 is 2.57 bits per heavy atom. The first-order chi connectivity index (χ1) is 9.87. The van der Waals surface area contributed by atoms with Gasteiger partial charge in [0.15, 0.2) is 0 Å². The molecule has 0 heterocycles. The maximum atomic E-state index is 12.0. The van der Waals surface area contributed by atoms with Crippen LogP contribution in [0.5, 0.6) is 0 Å². The first kappa shape index (κ1) is 15.5. The van der Waals surface area contributed by atoms with Crippen molar-refractivity contribution in [2.75, 3.05) is 5.32 Å². The van der Waals surface area contributed by atoms with Gasteiger partial charge in [0.2, 0.25) is 15.9 Å². The number of carboxylic acid groups (broad SMARTS) is 1. The molecular weight excluding hydrogens is 296 g/mol. The standard InChI is InChI=1S/C13H16N2O5S/c16-12(6-7-13(17)18)14-10-2-1-3-11(8-10)21(19,20)15-9-4-5-9/h1-3,8-9,15H,4-7H2,(H,14,16)(H,17,18). The van der Waals surface area contributed by atoms with Crippen LogP contribution < -0.4 is 10.0 Å². The molecule has 0 saturated heterocycles. The van der Waals surface area contributed by atoms with E-state index in [1.807, 2.05) is 0 Å². The zero-order chi connectivity index (χ0) is 15.5. The van der Waals surface area contributed by atoms with Gasteiger partial charge in [-0.3, -0.25) is 9.59 Å². The van der Waals surface area contributed by atoms with Gasteiger partial charge in [-0.1, -0.05) is 6.07 Å². The summed E-state index contributed by atoms with van der Waals surface area (Å²) in [4.78, 5) is 22.0. The lowest BCUT2D eigenvalue weighted by atomic mass is 10.2. The third kappa shape index (κ3) is 4.83. The lowest BCUT2D eigenvalue weighted by Gasteiger charge is -2.08. The van der Waals surface area contributed by atoms with E-state index in [4.69, 9.17) is 5.11 Å². The molecule has 0 unspecified atom stereocenters. The van der Waals surface area contributed by atoms with E-state index in [0.717, 1.165) is 12.8 Å². The van der Waals surface area contributed by atoms with E-state index in [1.54, 1.807) is 6.07 Å². The van der Waals surface area contributed by atoms with E-state index >= 15 is 0 Å². The predicted octanol–water partition coefficient (Wildman–Crippen LogP) is 0.931. The van der Waals surface area contributed by atoms with Crippen molar-refractivity contribution in [3.63, 3.8) is 0 Å². The highest BCUT2D eigenvalue weighted by molar-refractivity contribution is 7.89. The molecule has 2 rings (SSSR count). The smallest absolute Gasteiger partial charge is 0.303 e. The number of carbonyl (C=O) groups excluding carboxylic acids is 1. The molecule has 3 N–H and O–H groups in total. The summed E-state index contributed by atoms with van der Waals surface area (Å²) >= 11 is 0. The van der Waals surface area contributed by atoms with Crippen LogP contribution in [0.4, 0.5) is 5.69 Å². The molecule has 1 fully saturated rings. The van der Waals surface area contributed by atoms with Crippen LogP contribution in [0, 0.1) is 0 Å². The molecule has 0 atom stereocenters. The third-order valence-corrected chi connectivity index (χ3v) is 4.41. The highest BCUT2D eigenvalue weighted by Crippen LogP contribution is 2.23. The van der Waals surface area contributed by atoms with Crippen molar-refractivity contribution >= 4 is 27.6 Å². The zero-order valence-electron chi connectivity index (χ0n) is 11.2. The summed E-state index contributed by atoms with van der Waals surface area (Å²) in [5.41, 5.74) is 0.323. The van der Waals surface area contributed by atoms with Crippen molar-refractivity contribution in [3.05, 3.63) is 24.3 Å². The third-order valence-electron chi connectivity index (χ3n) is 2.89. The summed E-state index contributed by atoms with van der Waals surface area (Å²) in [6.07, 6.45) is 1.25. The molecule has 1 aliphatic carbocycles. The maximum absolute atomic E-state index is 12.0. The molecule has 0 radical (unpaired) electrons. The van der Waals surface area contributed by atoms with Gasteiger partial charge in [-0.25, -0.2) is 13.1 Å². The first-order valence-corrected chi connectivity index (χ1v) is 7.99. The molecule has 0 aliphatic heterocycles. The lowest BCUT2D eigenvalue weighted by Crippen LogP contribution is -2.25. The van der Waals surface area contributed by atoms with E-state index < -0.39 is 21.9 Å². The Morgan fingerprint density at radius 1 is 1.24 bits per heavy atom. The minimum atomic E-state index is -3.58. The van der Waals surface area contributed by atoms with E-state index in [9.17, 15) is 18.0 Å². The van der Waals surface area contributed by atoms with Crippen molar-refractivity contribution in [1.82, 2.24) is 4.72 Å². The summed E-state index contributed by atoms with van der Waals surface area (Å²) in [5.74, 6) is -1.53.